The molecule has 0 spiro atoms. The summed E-state index contributed by atoms with van der Waals surface area (Å²) in [5.41, 5.74) is 0.843. The summed E-state index contributed by atoms with van der Waals surface area (Å²) in [5, 5.41) is 63.6. The molecule has 300 valence electrons. The molecule has 55 heavy (non-hydrogen) atoms. The Bertz CT molecular complexity index is 1740. The van der Waals surface area contributed by atoms with E-state index in [4.69, 9.17) is 42.6 Å². The predicted molar refractivity (Wildman–Crippen MR) is 183 cm³/mol. The lowest BCUT2D eigenvalue weighted by atomic mass is 9.98. The molecule has 19 nitrogen and oxygen atoms in total. The summed E-state index contributed by atoms with van der Waals surface area (Å²) in [5.74, 6) is -6.28. The van der Waals surface area contributed by atoms with Gasteiger partial charge in [0.15, 0.2) is 41.5 Å². The molecule has 0 amide bonds. The van der Waals surface area contributed by atoms with Crippen molar-refractivity contribution >= 4 is 36.0 Å². The van der Waals surface area contributed by atoms with E-state index in [1.54, 1.807) is 0 Å². The maximum Gasteiger partial charge on any atom is 0.331 e. The summed E-state index contributed by atoms with van der Waals surface area (Å²) in [7, 11) is 2.67. The molecule has 2 aromatic carbocycles. The van der Waals surface area contributed by atoms with Gasteiger partial charge in [-0.1, -0.05) is 12.1 Å². The predicted octanol–water partition coefficient (Wildman–Crippen LogP) is -0.297. The van der Waals surface area contributed by atoms with Crippen LogP contribution in [-0.2, 0) is 52.3 Å². The number of hydrogen-bond donors (Lipinski definition) is 6. The Labute approximate surface area is 313 Å². The van der Waals surface area contributed by atoms with E-state index >= 15 is 0 Å². The highest BCUT2D eigenvalue weighted by atomic mass is 16.8. The van der Waals surface area contributed by atoms with E-state index in [0.29, 0.717) is 11.1 Å². The second kappa shape index (κ2) is 18.8. The highest BCUT2D eigenvalue weighted by Gasteiger charge is 2.61. The molecular weight excluding hydrogens is 736 g/mol. The molecule has 2 aliphatic rings. The fourth-order valence-electron chi connectivity index (χ4n) is 5.57. The summed E-state index contributed by atoms with van der Waals surface area (Å²) >= 11 is 0. The molecule has 6 N–H and O–H groups in total. The minimum absolute atomic E-state index is 0.106. The van der Waals surface area contributed by atoms with Gasteiger partial charge in [0.05, 0.1) is 14.2 Å². The van der Waals surface area contributed by atoms with E-state index in [9.17, 15) is 49.8 Å². The minimum atomic E-state index is -2.58. The number of ether oxygens (including phenoxy) is 9. The third kappa shape index (κ3) is 10.7. The first-order valence-electron chi connectivity index (χ1n) is 16.6. The minimum Gasteiger partial charge on any atom is -0.504 e. The highest BCUT2D eigenvalue weighted by molar-refractivity contribution is 5.88. The van der Waals surface area contributed by atoms with Gasteiger partial charge in [0.2, 0.25) is 5.79 Å². The molecule has 2 heterocycles. The van der Waals surface area contributed by atoms with Crippen LogP contribution >= 0.6 is 0 Å². The van der Waals surface area contributed by atoms with Gasteiger partial charge in [0.25, 0.3) is 0 Å². The van der Waals surface area contributed by atoms with Crippen molar-refractivity contribution in [1.82, 2.24) is 0 Å². The molecule has 2 aliphatic heterocycles. The fraction of sp³-hybridized carbons (Fsp3) is 0.444. The molecule has 19 heteroatoms. The average Bonchev–Trinajstić information content (AvgIpc) is 3.41. The number of rotatable bonds is 15. The maximum atomic E-state index is 13.1. The number of hydrogen-bond acceptors (Lipinski definition) is 19. The number of aromatic hydroxyl groups is 2. The van der Waals surface area contributed by atoms with Crippen molar-refractivity contribution < 1.29 is 92.4 Å². The Morgan fingerprint density at radius 3 is 1.84 bits per heavy atom. The number of aliphatic hydroxyl groups is 4. The number of carbonyl (C=O) groups excluding carboxylic acids is 4. The average molecular weight is 779 g/mol. The number of aliphatic hydroxyl groups excluding tert-OH is 4. The van der Waals surface area contributed by atoms with Gasteiger partial charge in [-0.25, -0.2) is 9.59 Å². The SMILES string of the molecule is COc1cc(C=CC(=O)OC[C@H]2O[C@@](CO)(O[C@H]3O[C@H](COC(C)=O)[C@@H](OC(C)=O)[C@H](O)[C@H]3O)[C@@H](OC(=O)C=Cc3ccc(O)c(OC)c3)[C@@H]2O)ccc1O. The van der Waals surface area contributed by atoms with Gasteiger partial charge in [-0.15, -0.1) is 0 Å². The van der Waals surface area contributed by atoms with Gasteiger partial charge in [-0.3, -0.25) is 9.59 Å². The van der Waals surface area contributed by atoms with Gasteiger partial charge >= 0.3 is 23.9 Å². The van der Waals surface area contributed by atoms with Gasteiger partial charge in [0, 0.05) is 26.0 Å². The molecule has 0 aliphatic carbocycles. The first-order valence-corrected chi connectivity index (χ1v) is 16.6. The van der Waals surface area contributed by atoms with Crippen LogP contribution in [0.1, 0.15) is 25.0 Å². The van der Waals surface area contributed by atoms with Crippen molar-refractivity contribution in [2.24, 2.45) is 0 Å². The largest absolute Gasteiger partial charge is 0.504 e. The lowest BCUT2D eigenvalue weighted by molar-refractivity contribution is -0.383. The normalized spacial score (nSPS) is 27.8. The van der Waals surface area contributed by atoms with Crippen LogP contribution in [0.4, 0.5) is 0 Å². The quantitative estimate of drug-likeness (QED) is 0.0770. The van der Waals surface area contributed by atoms with E-state index in [0.717, 1.165) is 26.0 Å². The number of benzene rings is 2. The molecule has 0 aromatic heterocycles. The van der Waals surface area contributed by atoms with Crippen LogP contribution in [0, 0.1) is 0 Å². The van der Waals surface area contributed by atoms with Gasteiger partial charge < -0.3 is 73.3 Å². The van der Waals surface area contributed by atoms with Crippen molar-refractivity contribution in [2.45, 2.75) is 68.7 Å². The van der Waals surface area contributed by atoms with Crippen molar-refractivity contribution in [3.8, 4) is 23.0 Å². The van der Waals surface area contributed by atoms with E-state index in [1.165, 1.54) is 62.8 Å². The monoisotopic (exact) mass is 778 g/mol. The summed E-state index contributed by atoms with van der Waals surface area (Å²) in [6.45, 7) is -0.389. The molecule has 4 rings (SSSR count). The van der Waals surface area contributed by atoms with Crippen LogP contribution in [0.5, 0.6) is 23.0 Å². The maximum absolute atomic E-state index is 13.1. The molecule has 2 aromatic rings. The van der Waals surface area contributed by atoms with Crippen molar-refractivity contribution in [2.75, 3.05) is 34.0 Å². The zero-order valence-corrected chi connectivity index (χ0v) is 30.0. The first-order chi connectivity index (χ1) is 26.1. The third-order valence-corrected chi connectivity index (χ3v) is 8.27. The van der Waals surface area contributed by atoms with Crippen molar-refractivity contribution in [1.29, 1.82) is 0 Å². The van der Waals surface area contributed by atoms with Crippen molar-refractivity contribution in [3.05, 3.63) is 59.7 Å². The lowest BCUT2D eigenvalue weighted by Crippen LogP contribution is -2.64. The van der Waals surface area contributed by atoms with Crippen molar-refractivity contribution in [3.63, 3.8) is 0 Å². The Morgan fingerprint density at radius 1 is 0.745 bits per heavy atom. The Kier molecular flexibility index (Phi) is 14.6. The zero-order valence-electron chi connectivity index (χ0n) is 30.0. The van der Waals surface area contributed by atoms with Gasteiger partial charge in [0.1, 0.15) is 50.3 Å². The number of esters is 4. The standard InChI is InChI=1S/C36H42O19/c1-18(38)49-16-27-33(51-19(2)39)31(45)32(46)35(52-27)55-36(17-37)34(53-29(43)12-8-21-6-10-23(41)25(14-21)48-4)30(44)26(54-36)15-50-28(42)11-7-20-5-9-22(40)24(13-20)47-3/h5-14,26-27,30-35,37,40-41,44-46H,15-17H2,1-4H3/t26-,27-,30-,31-,32-,33-,34+,35-,36+/m1/s1. The summed E-state index contributed by atoms with van der Waals surface area (Å²) in [6.07, 6.45) is -9.72. The molecule has 0 radical (unpaired) electrons. The number of carbonyl (C=O) groups is 4. The van der Waals surface area contributed by atoms with Crippen LogP contribution in [0.15, 0.2) is 48.6 Å². The Hall–Kier alpha value is -5.28. The highest BCUT2D eigenvalue weighted by Crippen LogP contribution is 2.39. The molecule has 0 bridgehead atoms. The van der Waals surface area contributed by atoms with Gasteiger partial charge in [-0.2, -0.15) is 0 Å². The summed E-state index contributed by atoms with van der Waals surface area (Å²) < 4.78 is 48.3. The first kappa shape index (κ1) is 42.5. The van der Waals surface area contributed by atoms with Crippen LogP contribution in [0.25, 0.3) is 12.2 Å². The second-order valence-corrected chi connectivity index (χ2v) is 12.2. The molecule has 9 atom stereocenters. The molecule has 2 fully saturated rings. The molecule has 0 unspecified atom stereocenters. The van der Waals surface area contributed by atoms with Crippen LogP contribution in [0.3, 0.4) is 0 Å². The number of methoxy groups -OCH3 is 2. The zero-order chi connectivity index (χ0) is 40.4. The second-order valence-electron chi connectivity index (χ2n) is 12.2. The van der Waals surface area contributed by atoms with E-state index in [-0.39, 0.29) is 23.0 Å². The Morgan fingerprint density at radius 2 is 1.31 bits per heavy atom. The molecule has 0 saturated carbocycles. The molecular formula is C36H42O19. The summed E-state index contributed by atoms with van der Waals surface area (Å²) in [4.78, 5) is 49.1. The number of phenolic OH excluding ortho intramolecular Hbond substituents is 2. The topological polar surface area (TPSA) is 273 Å². The van der Waals surface area contributed by atoms with Crippen LogP contribution in [0.2, 0.25) is 0 Å². The van der Waals surface area contributed by atoms with E-state index in [2.05, 4.69) is 0 Å². The molecule has 2 saturated heterocycles. The Balaban J connectivity index is 1.59. The van der Waals surface area contributed by atoms with Crippen LogP contribution < -0.4 is 9.47 Å². The summed E-state index contributed by atoms with van der Waals surface area (Å²) in [6, 6.07) is 8.47. The number of phenols is 2. The van der Waals surface area contributed by atoms with Gasteiger partial charge in [-0.05, 0) is 47.5 Å². The van der Waals surface area contributed by atoms with E-state index < -0.39 is 98.5 Å². The third-order valence-electron chi connectivity index (χ3n) is 8.27. The van der Waals surface area contributed by atoms with E-state index in [1.807, 2.05) is 0 Å². The fourth-order valence-corrected chi connectivity index (χ4v) is 5.57. The lowest BCUT2D eigenvalue weighted by Gasteiger charge is -2.44. The van der Waals surface area contributed by atoms with Crippen LogP contribution in [-0.4, -0.2) is 143 Å². The smallest absolute Gasteiger partial charge is 0.331 e.